The molecule has 0 fully saturated rings. The second-order valence-corrected chi connectivity index (χ2v) is 4.32. The van der Waals surface area contributed by atoms with Gasteiger partial charge in [-0.2, -0.15) is 4.98 Å². The minimum atomic E-state index is -0.433. The summed E-state index contributed by atoms with van der Waals surface area (Å²) in [6.45, 7) is 1.85. The Morgan fingerprint density at radius 1 is 1.42 bits per heavy atom. The quantitative estimate of drug-likeness (QED) is 0.490. The summed E-state index contributed by atoms with van der Waals surface area (Å²) in [6, 6.07) is 6.32. The monoisotopic (exact) mass is 278 g/mol. The van der Waals surface area contributed by atoms with Gasteiger partial charge in [0.2, 0.25) is 5.28 Å². The molecule has 19 heavy (non-hydrogen) atoms. The van der Waals surface area contributed by atoms with Crippen molar-refractivity contribution in [2.75, 3.05) is 11.9 Å². The van der Waals surface area contributed by atoms with Gasteiger partial charge >= 0.3 is 0 Å². The molecule has 0 N–H and O–H groups in total. The van der Waals surface area contributed by atoms with Crippen LogP contribution in [0.2, 0.25) is 5.28 Å². The molecule has 0 spiro atoms. The summed E-state index contributed by atoms with van der Waals surface area (Å²) in [5, 5.41) is 10.9. The van der Waals surface area contributed by atoms with Crippen molar-refractivity contribution in [2.24, 2.45) is 0 Å². The van der Waals surface area contributed by atoms with E-state index in [0.717, 1.165) is 5.56 Å². The molecule has 2 rings (SSSR count). The van der Waals surface area contributed by atoms with Crippen molar-refractivity contribution in [2.45, 2.75) is 6.92 Å². The number of aromatic nitrogens is 2. The molecule has 0 atom stereocenters. The van der Waals surface area contributed by atoms with E-state index in [-0.39, 0.29) is 11.0 Å². The Morgan fingerprint density at radius 2 is 2.16 bits per heavy atom. The number of anilines is 2. The van der Waals surface area contributed by atoms with Gasteiger partial charge in [0.05, 0.1) is 4.92 Å². The van der Waals surface area contributed by atoms with Gasteiger partial charge in [0.1, 0.15) is 5.82 Å². The molecule has 1 aromatic heterocycles. The summed E-state index contributed by atoms with van der Waals surface area (Å²) >= 11 is 5.77. The van der Waals surface area contributed by atoms with E-state index in [4.69, 9.17) is 11.6 Å². The first kappa shape index (κ1) is 13.2. The fourth-order valence-electron chi connectivity index (χ4n) is 1.69. The molecular weight excluding hydrogens is 268 g/mol. The molecule has 0 saturated carbocycles. The van der Waals surface area contributed by atoms with Crippen molar-refractivity contribution < 1.29 is 4.92 Å². The van der Waals surface area contributed by atoms with Gasteiger partial charge in [-0.05, 0) is 24.6 Å². The molecule has 98 valence electrons. The molecule has 0 radical (unpaired) electrons. The van der Waals surface area contributed by atoms with Crippen LogP contribution in [0.3, 0.4) is 0 Å². The van der Waals surface area contributed by atoms with E-state index < -0.39 is 4.92 Å². The lowest BCUT2D eigenvalue weighted by molar-refractivity contribution is -0.384. The summed E-state index contributed by atoms with van der Waals surface area (Å²) in [5.74, 6) is 0.612. The first-order valence-electron chi connectivity index (χ1n) is 5.46. The number of non-ortho nitro benzene ring substituents is 1. The van der Waals surface area contributed by atoms with Crippen molar-refractivity contribution in [3.8, 4) is 0 Å². The van der Waals surface area contributed by atoms with Gasteiger partial charge in [0.25, 0.3) is 5.69 Å². The predicted molar refractivity (Wildman–Crippen MR) is 72.9 cm³/mol. The highest BCUT2D eigenvalue weighted by Gasteiger charge is 2.13. The molecule has 1 aromatic carbocycles. The van der Waals surface area contributed by atoms with Crippen molar-refractivity contribution in [1.29, 1.82) is 0 Å². The van der Waals surface area contributed by atoms with Crippen LogP contribution >= 0.6 is 11.6 Å². The van der Waals surface area contributed by atoms with Crippen molar-refractivity contribution in [3.05, 3.63) is 51.4 Å². The highest BCUT2D eigenvalue weighted by molar-refractivity contribution is 6.28. The number of hydrogen-bond acceptors (Lipinski definition) is 5. The molecule has 0 unspecified atom stereocenters. The standard InChI is InChI=1S/C12H11ClN4O2/c1-8-7-14-12(13)15-11(8)16(2)9-4-3-5-10(6-9)17(18)19/h3-7H,1-2H3. The summed E-state index contributed by atoms with van der Waals surface area (Å²) in [6.07, 6.45) is 1.61. The molecule has 2 aromatic rings. The zero-order valence-electron chi connectivity index (χ0n) is 10.4. The molecule has 0 aliphatic rings. The van der Waals surface area contributed by atoms with Gasteiger partial charge in [0, 0.05) is 36.6 Å². The van der Waals surface area contributed by atoms with E-state index in [9.17, 15) is 10.1 Å². The third-order valence-electron chi connectivity index (χ3n) is 2.66. The maximum Gasteiger partial charge on any atom is 0.271 e. The molecule has 0 aliphatic heterocycles. The van der Waals surface area contributed by atoms with Gasteiger partial charge in [0.15, 0.2) is 0 Å². The molecule has 7 heteroatoms. The van der Waals surface area contributed by atoms with Crippen LogP contribution in [-0.2, 0) is 0 Å². The maximum atomic E-state index is 10.8. The first-order chi connectivity index (χ1) is 8.99. The Labute approximate surface area is 114 Å². The van der Waals surface area contributed by atoms with E-state index in [0.29, 0.717) is 11.5 Å². The lowest BCUT2D eigenvalue weighted by Gasteiger charge is -2.19. The van der Waals surface area contributed by atoms with Crippen LogP contribution in [0.4, 0.5) is 17.2 Å². The summed E-state index contributed by atoms with van der Waals surface area (Å²) in [5.41, 5.74) is 1.52. The lowest BCUT2D eigenvalue weighted by Crippen LogP contribution is -2.13. The number of nitro benzene ring substituents is 1. The first-order valence-corrected chi connectivity index (χ1v) is 5.84. The van der Waals surface area contributed by atoms with E-state index >= 15 is 0 Å². The van der Waals surface area contributed by atoms with Crippen LogP contribution in [0.25, 0.3) is 0 Å². The third kappa shape index (κ3) is 2.79. The van der Waals surface area contributed by atoms with Gasteiger partial charge in [-0.1, -0.05) is 6.07 Å². The number of hydrogen-bond donors (Lipinski definition) is 0. The van der Waals surface area contributed by atoms with Crippen LogP contribution in [-0.4, -0.2) is 21.9 Å². The predicted octanol–water partition coefficient (Wildman–Crippen LogP) is 3.11. The van der Waals surface area contributed by atoms with Gasteiger partial charge in [-0.3, -0.25) is 10.1 Å². The smallest absolute Gasteiger partial charge is 0.271 e. The number of halogens is 1. The topological polar surface area (TPSA) is 72.2 Å². The molecule has 1 heterocycles. The number of benzene rings is 1. The highest BCUT2D eigenvalue weighted by Crippen LogP contribution is 2.27. The second-order valence-electron chi connectivity index (χ2n) is 3.98. The van der Waals surface area contributed by atoms with E-state index in [1.54, 1.807) is 30.3 Å². The van der Waals surface area contributed by atoms with Crippen molar-refractivity contribution in [1.82, 2.24) is 9.97 Å². The number of aryl methyl sites for hydroxylation is 1. The van der Waals surface area contributed by atoms with E-state index in [1.807, 2.05) is 6.92 Å². The van der Waals surface area contributed by atoms with Crippen LogP contribution in [0.15, 0.2) is 30.5 Å². The second kappa shape index (κ2) is 5.19. The van der Waals surface area contributed by atoms with E-state index in [2.05, 4.69) is 9.97 Å². The van der Waals surface area contributed by atoms with Crippen LogP contribution in [0.5, 0.6) is 0 Å². The van der Waals surface area contributed by atoms with E-state index in [1.165, 1.54) is 12.1 Å². The minimum absolute atomic E-state index is 0.0298. The van der Waals surface area contributed by atoms with Gasteiger partial charge in [-0.25, -0.2) is 4.98 Å². The SMILES string of the molecule is Cc1cnc(Cl)nc1N(C)c1cccc([N+](=O)[O-])c1. The van der Waals surface area contributed by atoms with Gasteiger partial charge in [-0.15, -0.1) is 0 Å². The van der Waals surface area contributed by atoms with Crippen LogP contribution < -0.4 is 4.90 Å². The Hall–Kier alpha value is -2.21. The zero-order chi connectivity index (χ0) is 14.0. The molecule has 0 aliphatic carbocycles. The maximum absolute atomic E-state index is 10.8. The molecule has 6 nitrogen and oxygen atoms in total. The number of nitro groups is 1. The number of nitrogens with zero attached hydrogens (tertiary/aromatic N) is 4. The van der Waals surface area contributed by atoms with Crippen molar-refractivity contribution in [3.63, 3.8) is 0 Å². The van der Waals surface area contributed by atoms with Crippen LogP contribution in [0.1, 0.15) is 5.56 Å². The Bertz CT molecular complexity index is 633. The summed E-state index contributed by atoms with van der Waals surface area (Å²) in [4.78, 5) is 20.1. The average Bonchev–Trinajstić information content (AvgIpc) is 2.41. The molecule has 0 bridgehead atoms. The Kier molecular flexibility index (Phi) is 3.62. The van der Waals surface area contributed by atoms with Crippen molar-refractivity contribution >= 4 is 28.8 Å². The summed E-state index contributed by atoms with van der Waals surface area (Å²) in [7, 11) is 1.77. The molecular formula is C12H11ClN4O2. The fourth-order valence-corrected chi connectivity index (χ4v) is 1.82. The number of rotatable bonds is 3. The Morgan fingerprint density at radius 3 is 2.84 bits per heavy atom. The minimum Gasteiger partial charge on any atom is -0.329 e. The highest BCUT2D eigenvalue weighted by atomic mass is 35.5. The molecule has 0 saturated heterocycles. The third-order valence-corrected chi connectivity index (χ3v) is 2.84. The normalized spacial score (nSPS) is 10.3. The molecule has 0 amide bonds. The van der Waals surface area contributed by atoms with Crippen LogP contribution in [0, 0.1) is 17.0 Å². The fraction of sp³-hybridized carbons (Fsp3) is 0.167. The largest absolute Gasteiger partial charge is 0.329 e. The summed E-state index contributed by atoms with van der Waals surface area (Å²) < 4.78 is 0. The lowest BCUT2D eigenvalue weighted by atomic mass is 10.2. The van der Waals surface area contributed by atoms with Gasteiger partial charge < -0.3 is 4.90 Å². The Balaban J connectivity index is 2.43. The zero-order valence-corrected chi connectivity index (χ0v) is 11.1. The average molecular weight is 279 g/mol.